The molecule has 0 amide bonds. The van der Waals surface area contributed by atoms with Crippen LogP contribution in [-0.4, -0.2) is 15.3 Å². The molecule has 0 aliphatic heterocycles. The van der Waals surface area contributed by atoms with Crippen LogP contribution in [0.4, 0.5) is 0 Å². The van der Waals surface area contributed by atoms with Gasteiger partial charge in [-0.25, -0.2) is 0 Å². The molecule has 0 aromatic rings. The fourth-order valence-corrected chi connectivity index (χ4v) is 0.351. The molecule has 0 atom stereocenters. The summed E-state index contributed by atoms with van der Waals surface area (Å²) < 4.78 is 7.00. The average molecular weight is 165 g/mol. The Balaban J connectivity index is 0. The molecule has 3 nitrogen and oxygen atoms in total. The Morgan fingerprint density at radius 2 is 1.44 bits per heavy atom. The monoisotopic (exact) mass is 165 g/mol. The maximum absolute atomic E-state index is 10.0. The molecule has 0 spiro atoms. The van der Waals surface area contributed by atoms with Gasteiger partial charge in [-0.05, 0) is 13.8 Å². The van der Waals surface area contributed by atoms with Crippen molar-refractivity contribution in [3.05, 3.63) is 0 Å². The standard InChI is InChI=1S/C5H8O2.H2O.Ti/c1-4(6)3-5(2)7;;/h3H2,1-2H3;1H2;/q;;+1/p-1. The van der Waals surface area contributed by atoms with Gasteiger partial charge in [0.1, 0.15) is 11.6 Å². The molecular weight excluding hydrogens is 156 g/mol. The third-order valence-electron chi connectivity index (χ3n) is 0.498. The SMILES string of the molecule is CC(=O)CC(C)=O.[OH][Ti]. The summed E-state index contributed by atoms with van der Waals surface area (Å²) in [6.07, 6.45) is 0.0833. The van der Waals surface area contributed by atoms with Gasteiger partial charge in [-0.1, -0.05) is 0 Å². The number of hydrogen-bond donors (Lipinski definition) is 1. The molecule has 0 aliphatic rings. The van der Waals surface area contributed by atoms with Crippen molar-refractivity contribution in [1.29, 1.82) is 0 Å². The van der Waals surface area contributed by atoms with Crippen LogP contribution in [0.2, 0.25) is 0 Å². The van der Waals surface area contributed by atoms with Crippen molar-refractivity contribution in [1.82, 2.24) is 0 Å². The van der Waals surface area contributed by atoms with E-state index in [0.717, 1.165) is 20.8 Å². The van der Waals surface area contributed by atoms with Crippen molar-refractivity contribution in [3.8, 4) is 0 Å². The summed E-state index contributed by atoms with van der Waals surface area (Å²) in [5, 5.41) is 0. The van der Waals surface area contributed by atoms with E-state index in [1.807, 2.05) is 0 Å². The van der Waals surface area contributed by atoms with Crippen LogP contribution in [0.5, 0.6) is 0 Å². The van der Waals surface area contributed by atoms with E-state index in [2.05, 4.69) is 0 Å². The first-order valence-electron chi connectivity index (χ1n) is 2.34. The molecule has 0 bridgehead atoms. The van der Waals surface area contributed by atoms with Gasteiger partial charge >= 0.3 is 24.5 Å². The summed E-state index contributed by atoms with van der Waals surface area (Å²) in [7, 11) is 0. The molecule has 0 radical (unpaired) electrons. The minimum atomic E-state index is -0.0625. The molecule has 1 N–H and O–H groups in total. The van der Waals surface area contributed by atoms with E-state index in [4.69, 9.17) is 3.69 Å². The Kier molecular flexibility index (Phi) is 10.5. The second-order valence-electron chi connectivity index (χ2n) is 1.58. The number of ketones is 2. The summed E-state index contributed by atoms with van der Waals surface area (Å²) >= 11 is 1.00. The number of carbonyl (C=O) groups is 2. The fraction of sp³-hybridized carbons (Fsp3) is 0.600. The summed E-state index contributed by atoms with van der Waals surface area (Å²) in [5.74, 6) is -0.125. The van der Waals surface area contributed by atoms with Gasteiger partial charge in [0, 0.05) is 0 Å². The first kappa shape index (κ1) is 11.8. The molecule has 0 aromatic carbocycles. The van der Waals surface area contributed by atoms with Crippen LogP contribution in [0.1, 0.15) is 20.3 Å². The average Bonchev–Trinajstić information content (AvgIpc) is 1.68. The molecule has 9 heavy (non-hydrogen) atoms. The van der Waals surface area contributed by atoms with Crippen LogP contribution in [0.25, 0.3) is 0 Å². The van der Waals surface area contributed by atoms with Crippen LogP contribution in [0, 0.1) is 0 Å². The summed E-state index contributed by atoms with van der Waals surface area (Å²) in [4.78, 5) is 20.1. The van der Waals surface area contributed by atoms with Gasteiger partial charge in [0.25, 0.3) is 0 Å². The van der Waals surface area contributed by atoms with Gasteiger partial charge < -0.3 is 0 Å². The topological polar surface area (TPSA) is 54.4 Å². The van der Waals surface area contributed by atoms with Crippen LogP contribution in [-0.2, 0) is 30.4 Å². The van der Waals surface area contributed by atoms with Crippen LogP contribution in [0.15, 0.2) is 0 Å². The van der Waals surface area contributed by atoms with E-state index >= 15 is 0 Å². The first-order valence-corrected chi connectivity index (χ1v) is 3.04. The Hall–Kier alpha value is 0.0143. The van der Waals surface area contributed by atoms with E-state index in [-0.39, 0.29) is 18.0 Å². The molecule has 0 heterocycles. The van der Waals surface area contributed by atoms with Gasteiger partial charge in [0.15, 0.2) is 0 Å². The van der Waals surface area contributed by atoms with Gasteiger partial charge in [-0.15, -0.1) is 0 Å². The Labute approximate surface area is 66.3 Å². The van der Waals surface area contributed by atoms with Crippen LogP contribution >= 0.6 is 0 Å². The van der Waals surface area contributed by atoms with E-state index < -0.39 is 0 Å². The van der Waals surface area contributed by atoms with Crippen molar-refractivity contribution in [2.75, 3.05) is 0 Å². The van der Waals surface area contributed by atoms with Crippen molar-refractivity contribution < 1.29 is 34.1 Å². The molecule has 0 unspecified atom stereocenters. The Morgan fingerprint density at radius 1 is 1.22 bits per heavy atom. The number of rotatable bonds is 2. The van der Waals surface area contributed by atoms with E-state index in [9.17, 15) is 9.59 Å². The molecule has 0 saturated carbocycles. The van der Waals surface area contributed by atoms with Gasteiger partial charge in [0.2, 0.25) is 0 Å². The molecule has 0 aromatic heterocycles. The third kappa shape index (κ3) is 18.0. The predicted molar refractivity (Wildman–Crippen MR) is 28.2 cm³/mol. The summed E-state index contributed by atoms with van der Waals surface area (Å²) in [6.45, 7) is 2.81. The van der Waals surface area contributed by atoms with Crippen molar-refractivity contribution >= 4 is 11.6 Å². The summed E-state index contributed by atoms with van der Waals surface area (Å²) in [5.41, 5.74) is 0. The first-order chi connectivity index (χ1) is 4.13. The van der Waals surface area contributed by atoms with Crippen LogP contribution < -0.4 is 0 Å². The van der Waals surface area contributed by atoms with Crippen molar-refractivity contribution in [3.63, 3.8) is 0 Å². The third-order valence-corrected chi connectivity index (χ3v) is 0.498. The van der Waals surface area contributed by atoms with E-state index in [1.165, 1.54) is 13.8 Å². The zero-order valence-electron chi connectivity index (χ0n) is 5.47. The van der Waals surface area contributed by atoms with Crippen molar-refractivity contribution in [2.24, 2.45) is 0 Å². The van der Waals surface area contributed by atoms with Gasteiger partial charge in [-0.2, -0.15) is 0 Å². The maximum atomic E-state index is 10.0. The summed E-state index contributed by atoms with van der Waals surface area (Å²) in [6, 6.07) is 0. The second-order valence-corrected chi connectivity index (χ2v) is 1.58. The second kappa shape index (κ2) is 8.01. The predicted octanol–water partition coefficient (Wildman–Crippen LogP) is -0.00500. The number of hydrogen-bond acceptors (Lipinski definition) is 3. The molecule has 0 rings (SSSR count). The zero-order valence-corrected chi connectivity index (χ0v) is 7.03. The molecule has 51 valence electrons. The number of Topliss-reactive ketones (excluding diaryl/α,β-unsaturated/α-hetero) is 2. The van der Waals surface area contributed by atoms with E-state index in [0.29, 0.717) is 0 Å². The Morgan fingerprint density at radius 3 is 1.44 bits per heavy atom. The quantitative estimate of drug-likeness (QED) is 0.462. The minimum absolute atomic E-state index is 0.0625. The molecule has 0 fully saturated rings. The molecule has 4 heteroatoms. The Bertz CT molecular complexity index is 88.4. The molecular formula is C5H9O3Ti. The normalized spacial score (nSPS) is 6.89. The van der Waals surface area contributed by atoms with Crippen molar-refractivity contribution in [2.45, 2.75) is 20.3 Å². The fourth-order valence-electron chi connectivity index (χ4n) is 0.351. The van der Waals surface area contributed by atoms with Gasteiger partial charge in [0.05, 0.1) is 6.42 Å². The zero-order chi connectivity index (χ0) is 7.86. The molecule has 0 saturated heterocycles. The molecule has 0 aliphatic carbocycles. The van der Waals surface area contributed by atoms with Crippen LogP contribution in [0.3, 0.4) is 0 Å². The van der Waals surface area contributed by atoms with Gasteiger partial charge in [-0.3, -0.25) is 9.59 Å². The number of carbonyl (C=O) groups excluding carboxylic acids is 2. The van der Waals surface area contributed by atoms with E-state index in [1.54, 1.807) is 0 Å².